The van der Waals surface area contributed by atoms with Gasteiger partial charge in [-0.3, -0.25) is 19.4 Å². The molecule has 1 heterocycles. The highest BCUT2D eigenvalue weighted by Crippen LogP contribution is 2.39. The maximum absolute atomic E-state index is 13.9. The Balaban J connectivity index is 1.84. The van der Waals surface area contributed by atoms with Gasteiger partial charge in [0, 0.05) is 11.8 Å². The van der Waals surface area contributed by atoms with Crippen molar-refractivity contribution < 1.29 is 19.1 Å². The number of rotatable bonds is 5. The summed E-state index contributed by atoms with van der Waals surface area (Å²) in [7, 11) is 3.10. The second-order valence-corrected chi connectivity index (χ2v) is 7.87. The molecule has 1 aliphatic heterocycles. The maximum Gasteiger partial charge on any atom is 0.255 e. The average molecular weight is 431 g/mol. The summed E-state index contributed by atoms with van der Waals surface area (Å²) in [5.74, 6) is 0.691. The molecule has 1 atom stereocenters. The second-order valence-electron chi connectivity index (χ2n) is 7.87. The fraction of sp³-hybridized carbons (Fsp3) is 0.231. The fourth-order valence-electron chi connectivity index (χ4n) is 3.94. The minimum absolute atomic E-state index is 0.0986. The number of anilines is 2. The van der Waals surface area contributed by atoms with E-state index >= 15 is 0 Å². The van der Waals surface area contributed by atoms with Gasteiger partial charge in [-0.1, -0.05) is 47.5 Å². The molecular weight excluding hydrogens is 404 g/mol. The molecule has 3 aromatic rings. The molecule has 32 heavy (non-hydrogen) atoms. The third-order valence-electron chi connectivity index (χ3n) is 5.70. The molecule has 6 heteroatoms. The van der Waals surface area contributed by atoms with Crippen LogP contribution in [0.3, 0.4) is 0 Å². The number of ether oxygens (including phenoxy) is 2. The van der Waals surface area contributed by atoms with Crippen LogP contribution in [0.15, 0.2) is 66.7 Å². The van der Waals surface area contributed by atoms with Crippen LogP contribution in [0.5, 0.6) is 11.5 Å². The van der Waals surface area contributed by atoms with Gasteiger partial charge in [-0.25, -0.2) is 0 Å². The number of piperazine rings is 1. The highest BCUT2D eigenvalue weighted by atomic mass is 16.5. The number of hydrogen-bond acceptors (Lipinski definition) is 4. The molecule has 2 amide bonds. The molecule has 0 aliphatic carbocycles. The van der Waals surface area contributed by atoms with Gasteiger partial charge >= 0.3 is 0 Å². The van der Waals surface area contributed by atoms with Gasteiger partial charge in [0.15, 0.2) is 0 Å². The van der Waals surface area contributed by atoms with Gasteiger partial charge in [-0.2, -0.15) is 0 Å². The molecule has 1 aliphatic rings. The van der Waals surface area contributed by atoms with E-state index in [4.69, 9.17) is 9.47 Å². The number of aryl methyl sites for hydroxylation is 2. The summed E-state index contributed by atoms with van der Waals surface area (Å²) in [6.45, 7) is 3.88. The highest BCUT2D eigenvalue weighted by molar-refractivity contribution is 6.15. The zero-order chi connectivity index (χ0) is 22.8. The second kappa shape index (κ2) is 8.75. The molecule has 0 bridgehead atoms. The zero-order valence-corrected chi connectivity index (χ0v) is 18.7. The fourth-order valence-corrected chi connectivity index (χ4v) is 3.94. The largest absolute Gasteiger partial charge is 0.497 e. The van der Waals surface area contributed by atoms with Crippen molar-refractivity contribution in [2.45, 2.75) is 19.9 Å². The molecule has 3 aromatic carbocycles. The highest BCUT2D eigenvalue weighted by Gasteiger charge is 2.42. The Morgan fingerprint density at radius 1 is 0.812 bits per heavy atom. The van der Waals surface area contributed by atoms with E-state index in [0.717, 1.165) is 16.7 Å². The van der Waals surface area contributed by atoms with E-state index in [1.807, 2.05) is 62.4 Å². The van der Waals surface area contributed by atoms with E-state index in [-0.39, 0.29) is 18.4 Å². The monoisotopic (exact) mass is 430 g/mol. The smallest absolute Gasteiger partial charge is 0.255 e. The number of carbonyl (C=O) groups is 2. The number of carbonyl (C=O) groups excluding carboxylic acids is 2. The van der Waals surface area contributed by atoms with Gasteiger partial charge in [0.1, 0.15) is 24.1 Å². The van der Waals surface area contributed by atoms with Crippen molar-refractivity contribution in [1.82, 2.24) is 0 Å². The number of hydrogen-bond donors (Lipinski definition) is 0. The number of benzene rings is 3. The molecule has 0 saturated carbocycles. The Morgan fingerprint density at radius 3 is 2.03 bits per heavy atom. The van der Waals surface area contributed by atoms with Crippen molar-refractivity contribution in [1.29, 1.82) is 0 Å². The first kappa shape index (κ1) is 21.4. The molecule has 0 radical (unpaired) electrons. The molecule has 6 nitrogen and oxygen atoms in total. The van der Waals surface area contributed by atoms with Crippen LogP contribution in [0.25, 0.3) is 0 Å². The lowest BCUT2D eigenvalue weighted by atomic mass is 9.98. The van der Waals surface area contributed by atoms with Gasteiger partial charge in [0.05, 0.1) is 19.9 Å². The molecule has 0 unspecified atom stereocenters. The topological polar surface area (TPSA) is 59.1 Å². The number of nitrogens with zero attached hydrogens (tertiary/aromatic N) is 2. The van der Waals surface area contributed by atoms with E-state index in [1.54, 1.807) is 30.2 Å². The molecule has 0 spiro atoms. The van der Waals surface area contributed by atoms with E-state index < -0.39 is 6.04 Å². The molecule has 0 N–H and O–H groups in total. The zero-order valence-electron chi connectivity index (χ0n) is 18.7. The van der Waals surface area contributed by atoms with Crippen LogP contribution in [0.1, 0.15) is 22.7 Å². The van der Waals surface area contributed by atoms with Crippen molar-refractivity contribution >= 4 is 23.2 Å². The van der Waals surface area contributed by atoms with Crippen LogP contribution < -0.4 is 19.3 Å². The SMILES string of the molecule is COc1ccc(OC)c(N2CC(=O)N(c3ccc(C)cc3)[C@H](c3ccc(C)cc3)C2=O)c1. The van der Waals surface area contributed by atoms with Crippen molar-refractivity contribution in [3.8, 4) is 11.5 Å². The number of methoxy groups -OCH3 is 2. The van der Waals surface area contributed by atoms with Gasteiger partial charge in [0.25, 0.3) is 5.91 Å². The Hall–Kier alpha value is -3.80. The summed E-state index contributed by atoms with van der Waals surface area (Å²) in [6, 6.07) is 19.8. The van der Waals surface area contributed by atoms with Crippen molar-refractivity contribution in [3.63, 3.8) is 0 Å². The third kappa shape index (κ3) is 3.91. The van der Waals surface area contributed by atoms with Crippen LogP contribution in [-0.4, -0.2) is 32.6 Å². The average Bonchev–Trinajstić information content (AvgIpc) is 2.81. The standard InChI is InChI=1S/C26H26N2O4/c1-17-5-9-19(10-6-17)25-26(30)27(22-15-21(31-3)13-14-23(22)32-4)16-24(29)28(25)20-11-7-18(2)8-12-20/h5-15,25H,16H2,1-4H3/t25-/m1/s1. The van der Waals surface area contributed by atoms with E-state index in [2.05, 4.69) is 0 Å². The van der Waals surface area contributed by atoms with E-state index in [1.165, 1.54) is 12.0 Å². The first-order valence-corrected chi connectivity index (χ1v) is 10.4. The first-order valence-electron chi connectivity index (χ1n) is 10.4. The van der Waals surface area contributed by atoms with Crippen molar-refractivity contribution in [2.75, 3.05) is 30.6 Å². The van der Waals surface area contributed by atoms with Gasteiger partial charge in [0.2, 0.25) is 5.91 Å². The summed E-state index contributed by atoms with van der Waals surface area (Å²) < 4.78 is 10.8. The molecule has 164 valence electrons. The Kier molecular flexibility index (Phi) is 5.86. The summed E-state index contributed by atoms with van der Waals surface area (Å²) in [5, 5.41) is 0. The van der Waals surface area contributed by atoms with E-state index in [9.17, 15) is 9.59 Å². The summed E-state index contributed by atoms with van der Waals surface area (Å²) in [4.78, 5) is 30.5. The van der Waals surface area contributed by atoms with Gasteiger partial charge in [-0.05, 0) is 43.7 Å². The lowest BCUT2D eigenvalue weighted by Crippen LogP contribution is -2.56. The predicted molar refractivity (Wildman–Crippen MR) is 124 cm³/mol. The quantitative estimate of drug-likeness (QED) is 0.600. The lowest BCUT2D eigenvalue weighted by molar-refractivity contribution is -0.128. The Bertz CT molecular complexity index is 1140. The van der Waals surface area contributed by atoms with Gasteiger partial charge < -0.3 is 9.47 Å². The van der Waals surface area contributed by atoms with Gasteiger partial charge in [-0.15, -0.1) is 0 Å². The third-order valence-corrected chi connectivity index (χ3v) is 5.70. The summed E-state index contributed by atoms with van der Waals surface area (Å²) in [6.07, 6.45) is 0. The summed E-state index contributed by atoms with van der Waals surface area (Å²) in [5.41, 5.74) is 4.11. The predicted octanol–water partition coefficient (Wildman–Crippen LogP) is 4.44. The summed E-state index contributed by atoms with van der Waals surface area (Å²) >= 11 is 0. The minimum Gasteiger partial charge on any atom is -0.497 e. The Morgan fingerprint density at radius 2 is 1.44 bits per heavy atom. The maximum atomic E-state index is 13.9. The Labute approximate surface area is 188 Å². The molecule has 0 aromatic heterocycles. The van der Waals surface area contributed by atoms with Crippen LogP contribution in [0.4, 0.5) is 11.4 Å². The van der Waals surface area contributed by atoms with Crippen molar-refractivity contribution in [3.05, 3.63) is 83.4 Å². The first-order chi connectivity index (χ1) is 15.4. The molecule has 4 rings (SSSR count). The van der Waals surface area contributed by atoms with E-state index in [0.29, 0.717) is 22.9 Å². The lowest BCUT2D eigenvalue weighted by Gasteiger charge is -2.40. The minimum atomic E-state index is -0.796. The molecule has 1 saturated heterocycles. The van der Waals surface area contributed by atoms with Crippen LogP contribution in [-0.2, 0) is 9.59 Å². The molecular formula is C26H26N2O4. The molecule has 1 fully saturated rings. The van der Waals surface area contributed by atoms with Crippen LogP contribution in [0, 0.1) is 13.8 Å². The van der Waals surface area contributed by atoms with Crippen LogP contribution >= 0.6 is 0 Å². The normalized spacial score (nSPS) is 16.3. The van der Waals surface area contributed by atoms with Crippen molar-refractivity contribution in [2.24, 2.45) is 0 Å². The number of amides is 2. The van der Waals surface area contributed by atoms with Crippen LogP contribution in [0.2, 0.25) is 0 Å².